The Balaban J connectivity index is 1.22. The van der Waals surface area contributed by atoms with Gasteiger partial charge in [-0.1, -0.05) is 68.3 Å². The minimum absolute atomic E-state index is 0.400. The molecule has 3 aliphatic rings. The third-order valence-electron chi connectivity index (χ3n) is 8.48. The average molecular weight is 493 g/mol. The molecule has 1 N–H and O–H groups in total. The number of allylic oxidation sites excluding steroid dienone is 3. The van der Waals surface area contributed by atoms with Gasteiger partial charge < -0.3 is 15.1 Å². The van der Waals surface area contributed by atoms with Gasteiger partial charge >= 0.3 is 0 Å². The molecule has 0 spiro atoms. The number of benzene rings is 2. The Hall–Kier alpha value is -3.53. The summed E-state index contributed by atoms with van der Waals surface area (Å²) in [6.07, 6.45) is 9.05. The highest BCUT2D eigenvalue weighted by Crippen LogP contribution is 2.40. The van der Waals surface area contributed by atoms with Crippen LogP contribution in [0.15, 0.2) is 108 Å². The molecule has 1 unspecified atom stereocenters. The van der Waals surface area contributed by atoms with Gasteiger partial charge in [-0.15, -0.1) is 0 Å². The van der Waals surface area contributed by atoms with Crippen molar-refractivity contribution < 1.29 is 0 Å². The van der Waals surface area contributed by atoms with Crippen LogP contribution in [0.1, 0.15) is 52.0 Å². The van der Waals surface area contributed by atoms with Crippen molar-refractivity contribution in [2.45, 2.75) is 52.0 Å². The predicted molar refractivity (Wildman–Crippen MR) is 157 cm³/mol. The van der Waals surface area contributed by atoms with E-state index in [9.17, 15) is 0 Å². The van der Waals surface area contributed by atoms with Gasteiger partial charge in [-0.05, 0) is 74.4 Å². The van der Waals surface area contributed by atoms with Crippen LogP contribution in [-0.2, 0) is 5.54 Å². The average Bonchev–Trinajstić information content (AvgIpc) is 3.13. The molecule has 4 heteroatoms. The second kappa shape index (κ2) is 10.1. The number of hydrogen-bond donors (Lipinski definition) is 1. The van der Waals surface area contributed by atoms with Crippen LogP contribution in [0.5, 0.6) is 0 Å². The molecule has 0 bridgehead atoms. The van der Waals surface area contributed by atoms with E-state index in [0.29, 0.717) is 12.5 Å². The standard InChI is InChI=1S/C33H40N4/c1-23-11-7-10-14-32(23)34-25(3)28-17-19-36(20-18-28)24(2)22-37-26(4)33(6,35-27(37)5)31-16-15-29-12-8-9-13-30(29)21-31/h8-9,11-16,21,28,35H,2,4-5,7,10,17-20,22H2,1,3,6H3. The highest BCUT2D eigenvalue weighted by Gasteiger charge is 2.41. The summed E-state index contributed by atoms with van der Waals surface area (Å²) in [5.41, 5.74) is 6.67. The quantitative estimate of drug-likeness (QED) is 0.431. The number of aliphatic imine (C=N–C) groups is 1. The summed E-state index contributed by atoms with van der Waals surface area (Å²) in [6, 6.07) is 15.1. The van der Waals surface area contributed by atoms with Gasteiger partial charge in [0.25, 0.3) is 0 Å². The first kappa shape index (κ1) is 25.1. The Morgan fingerprint density at radius 2 is 1.76 bits per heavy atom. The van der Waals surface area contributed by atoms with Gasteiger partial charge in [-0.2, -0.15) is 0 Å². The van der Waals surface area contributed by atoms with Crippen molar-refractivity contribution >= 4 is 16.5 Å². The maximum Gasteiger partial charge on any atom is 0.101 e. The van der Waals surface area contributed by atoms with E-state index in [2.05, 4.69) is 110 Å². The molecule has 0 radical (unpaired) electrons. The van der Waals surface area contributed by atoms with E-state index in [1.54, 1.807) is 0 Å². The third kappa shape index (κ3) is 4.90. The zero-order valence-electron chi connectivity index (χ0n) is 22.7. The topological polar surface area (TPSA) is 30.9 Å². The first-order chi connectivity index (χ1) is 17.8. The molecular formula is C33H40N4. The van der Waals surface area contributed by atoms with E-state index in [-0.39, 0.29) is 0 Å². The van der Waals surface area contributed by atoms with E-state index in [1.165, 1.54) is 33.3 Å². The van der Waals surface area contributed by atoms with E-state index in [0.717, 1.165) is 56.0 Å². The number of likely N-dealkylation sites (tertiary alicyclic amines) is 1. The highest BCUT2D eigenvalue weighted by atomic mass is 15.4. The fraction of sp³-hybridized carbons (Fsp3) is 0.364. The van der Waals surface area contributed by atoms with Crippen molar-refractivity contribution in [1.82, 2.24) is 15.1 Å². The molecule has 2 heterocycles. The molecule has 2 saturated heterocycles. The molecule has 192 valence electrons. The zero-order chi connectivity index (χ0) is 26.2. The second-order valence-electron chi connectivity index (χ2n) is 10.9. The van der Waals surface area contributed by atoms with Crippen LogP contribution in [0.3, 0.4) is 0 Å². The number of rotatable bonds is 6. The van der Waals surface area contributed by atoms with Gasteiger partial charge in [0.2, 0.25) is 0 Å². The highest BCUT2D eigenvalue weighted by molar-refractivity contribution is 5.86. The number of piperidine rings is 1. The summed E-state index contributed by atoms with van der Waals surface area (Å²) in [6.45, 7) is 22.6. The van der Waals surface area contributed by atoms with E-state index < -0.39 is 5.54 Å². The number of nitrogens with one attached hydrogen (secondary N) is 1. The first-order valence-electron chi connectivity index (χ1n) is 13.5. The lowest BCUT2D eigenvalue weighted by atomic mass is 9.88. The maximum atomic E-state index is 5.01. The van der Waals surface area contributed by atoms with Gasteiger partial charge in [0.05, 0.1) is 18.1 Å². The lowest BCUT2D eigenvalue weighted by Gasteiger charge is -2.36. The van der Waals surface area contributed by atoms with Gasteiger partial charge in [0, 0.05) is 36.1 Å². The van der Waals surface area contributed by atoms with Crippen LogP contribution in [0.2, 0.25) is 0 Å². The Morgan fingerprint density at radius 3 is 2.49 bits per heavy atom. The summed E-state index contributed by atoms with van der Waals surface area (Å²) in [5, 5.41) is 6.11. The summed E-state index contributed by atoms with van der Waals surface area (Å²) in [4.78, 5) is 9.63. The molecule has 2 aromatic carbocycles. The van der Waals surface area contributed by atoms with Gasteiger partial charge in [-0.25, -0.2) is 0 Å². The van der Waals surface area contributed by atoms with Crippen molar-refractivity contribution in [2.75, 3.05) is 19.6 Å². The Kier molecular flexibility index (Phi) is 6.85. The SMILES string of the molecule is C=C(CN1C(=C)NC(C)(c2ccc3ccccc3c2)C1=C)N1CCC(C(C)=NC2=CCCC=C2C)CC1. The molecule has 37 heavy (non-hydrogen) atoms. The van der Waals surface area contributed by atoms with E-state index in [1.807, 2.05) is 0 Å². The van der Waals surface area contributed by atoms with Crippen LogP contribution in [-0.4, -0.2) is 35.1 Å². The smallest absolute Gasteiger partial charge is 0.101 e. The molecule has 0 saturated carbocycles. The zero-order valence-corrected chi connectivity index (χ0v) is 22.7. The summed E-state index contributed by atoms with van der Waals surface area (Å²) < 4.78 is 0. The van der Waals surface area contributed by atoms with Gasteiger partial charge in [0.1, 0.15) is 5.54 Å². The van der Waals surface area contributed by atoms with Crippen molar-refractivity contribution in [2.24, 2.45) is 10.9 Å². The molecule has 2 aliphatic heterocycles. The molecule has 0 amide bonds. The van der Waals surface area contributed by atoms with E-state index in [4.69, 9.17) is 4.99 Å². The Morgan fingerprint density at radius 1 is 1.05 bits per heavy atom. The molecule has 2 aromatic rings. The van der Waals surface area contributed by atoms with Crippen molar-refractivity contribution in [3.8, 4) is 0 Å². The summed E-state index contributed by atoms with van der Waals surface area (Å²) >= 11 is 0. The molecule has 5 rings (SSSR count). The van der Waals surface area contributed by atoms with Crippen LogP contribution in [0.25, 0.3) is 10.8 Å². The van der Waals surface area contributed by atoms with Crippen molar-refractivity contribution in [3.63, 3.8) is 0 Å². The maximum absolute atomic E-state index is 5.01. The lowest BCUT2D eigenvalue weighted by Crippen LogP contribution is -2.38. The number of hydrogen-bond acceptors (Lipinski definition) is 4. The third-order valence-corrected chi connectivity index (χ3v) is 8.48. The predicted octanol–water partition coefficient (Wildman–Crippen LogP) is 7.26. The van der Waals surface area contributed by atoms with Crippen LogP contribution < -0.4 is 5.32 Å². The van der Waals surface area contributed by atoms with E-state index >= 15 is 0 Å². The fourth-order valence-corrected chi connectivity index (χ4v) is 5.89. The molecule has 0 aromatic heterocycles. The molecule has 2 fully saturated rings. The molecular weight excluding hydrogens is 452 g/mol. The Labute approximate surface area is 222 Å². The fourth-order valence-electron chi connectivity index (χ4n) is 5.89. The number of fused-ring (bicyclic) bond motifs is 1. The van der Waals surface area contributed by atoms with Crippen LogP contribution in [0, 0.1) is 5.92 Å². The monoisotopic (exact) mass is 492 g/mol. The largest absolute Gasteiger partial charge is 0.374 e. The Bertz CT molecular complexity index is 1340. The number of nitrogens with zero attached hydrogens (tertiary/aromatic N) is 3. The molecule has 1 aliphatic carbocycles. The lowest BCUT2D eigenvalue weighted by molar-refractivity contribution is 0.243. The van der Waals surface area contributed by atoms with Crippen LogP contribution >= 0.6 is 0 Å². The van der Waals surface area contributed by atoms with Crippen LogP contribution in [0.4, 0.5) is 0 Å². The second-order valence-corrected chi connectivity index (χ2v) is 10.9. The summed E-state index contributed by atoms with van der Waals surface area (Å²) in [5.74, 6) is 1.41. The minimum atomic E-state index is -0.400. The van der Waals surface area contributed by atoms with Gasteiger partial charge in [0.15, 0.2) is 0 Å². The van der Waals surface area contributed by atoms with Gasteiger partial charge in [-0.3, -0.25) is 4.99 Å². The first-order valence-corrected chi connectivity index (χ1v) is 13.5. The van der Waals surface area contributed by atoms with Crippen molar-refractivity contribution in [1.29, 1.82) is 0 Å². The summed E-state index contributed by atoms with van der Waals surface area (Å²) in [7, 11) is 0. The normalized spacial score (nSPS) is 23.3. The van der Waals surface area contributed by atoms with Crippen molar-refractivity contribution in [3.05, 3.63) is 108 Å². The minimum Gasteiger partial charge on any atom is -0.374 e. The molecule has 4 nitrogen and oxygen atoms in total. The molecule has 1 atom stereocenters.